The van der Waals surface area contributed by atoms with Crippen molar-refractivity contribution in [1.82, 2.24) is 19.3 Å². The molecule has 0 unspecified atom stereocenters. The van der Waals surface area contributed by atoms with Gasteiger partial charge in [0.15, 0.2) is 11.3 Å². The summed E-state index contributed by atoms with van der Waals surface area (Å²) in [7, 11) is 1.43. The van der Waals surface area contributed by atoms with Gasteiger partial charge in [-0.1, -0.05) is 13.0 Å². The van der Waals surface area contributed by atoms with Gasteiger partial charge in [0.05, 0.1) is 11.1 Å². The van der Waals surface area contributed by atoms with Crippen LogP contribution in [0.2, 0.25) is 0 Å². The highest BCUT2D eigenvalue weighted by Crippen LogP contribution is 2.38. The van der Waals surface area contributed by atoms with Crippen LogP contribution in [0.4, 0.5) is 17.6 Å². The van der Waals surface area contributed by atoms with Crippen LogP contribution in [0.1, 0.15) is 37.2 Å². The van der Waals surface area contributed by atoms with Crippen LogP contribution in [0.15, 0.2) is 29.3 Å². The number of hydrogen-bond acceptors (Lipinski definition) is 4. The van der Waals surface area contributed by atoms with Crippen molar-refractivity contribution in [3.63, 3.8) is 0 Å². The Labute approximate surface area is 157 Å². The SMILES string of the molecule is CCn1cc(F)c2c([C@@](O)(CC)c3ccc(C(F)(F)F)nc3)n(C)nc2c1=O. The summed E-state index contributed by atoms with van der Waals surface area (Å²) in [4.78, 5) is 15.9. The number of aliphatic hydroxyl groups is 1. The molecule has 0 aliphatic heterocycles. The summed E-state index contributed by atoms with van der Waals surface area (Å²) in [6.45, 7) is 3.49. The number of hydrogen-bond donors (Lipinski definition) is 1. The van der Waals surface area contributed by atoms with E-state index < -0.39 is 28.8 Å². The van der Waals surface area contributed by atoms with E-state index in [1.165, 1.54) is 11.7 Å². The standard InChI is InChI=1S/C18H18F4N4O2/c1-4-17(28,10-6-7-12(23-8-10)18(20,21)22)15-13-11(19)9-26(5-2)16(27)14(13)24-25(15)3/h6-9,28H,4-5H2,1-3H3/t17-/m1/s1. The van der Waals surface area contributed by atoms with Gasteiger partial charge in [-0.05, 0) is 19.4 Å². The molecule has 6 nitrogen and oxygen atoms in total. The highest BCUT2D eigenvalue weighted by atomic mass is 19.4. The summed E-state index contributed by atoms with van der Waals surface area (Å²) >= 11 is 0. The van der Waals surface area contributed by atoms with Crippen molar-refractivity contribution in [2.24, 2.45) is 7.05 Å². The fraction of sp³-hybridized carbons (Fsp3) is 0.389. The van der Waals surface area contributed by atoms with Crippen molar-refractivity contribution in [1.29, 1.82) is 0 Å². The molecular weight excluding hydrogens is 380 g/mol. The largest absolute Gasteiger partial charge is 0.433 e. The first-order valence-corrected chi connectivity index (χ1v) is 8.56. The summed E-state index contributed by atoms with van der Waals surface area (Å²) in [5.41, 5.74) is -3.68. The van der Waals surface area contributed by atoms with Crippen LogP contribution in [0, 0.1) is 5.82 Å². The normalized spacial score (nSPS) is 14.4. The maximum absolute atomic E-state index is 14.8. The average molecular weight is 398 g/mol. The summed E-state index contributed by atoms with van der Waals surface area (Å²) < 4.78 is 55.5. The summed E-state index contributed by atoms with van der Waals surface area (Å²) in [6, 6.07) is 1.83. The maximum atomic E-state index is 14.8. The molecule has 3 aromatic heterocycles. The average Bonchev–Trinajstić information content (AvgIpc) is 3.02. The predicted octanol–water partition coefficient (Wildman–Crippen LogP) is 2.95. The molecule has 0 aliphatic carbocycles. The summed E-state index contributed by atoms with van der Waals surface area (Å²) in [5.74, 6) is -0.758. The number of rotatable bonds is 4. The predicted molar refractivity (Wildman–Crippen MR) is 93.1 cm³/mol. The number of aromatic nitrogens is 4. The van der Waals surface area contributed by atoms with Crippen LogP contribution in [-0.4, -0.2) is 24.4 Å². The van der Waals surface area contributed by atoms with E-state index in [0.717, 1.165) is 29.1 Å². The van der Waals surface area contributed by atoms with Crippen molar-refractivity contribution >= 4 is 10.9 Å². The van der Waals surface area contributed by atoms with Crippen molar-refractivity contribution in [3.05, 3.63) is 57.6 Å². The first-order chi connectivity index (χ1) is 13.0. The van der Waals surface area contributed by atoms with E-state index >= 15 is 0 Å². The van der Waals surface area contributed by atoms with E-state index in [-0.39, 0.29) is 35.1 Å². The highest BCUT2D eigenvalue weighted by molar-refractivity contribution is 5.82. The minimum atomic E-state index is -4.63. The van der Waals surface area contributed by atoms with Gasteiger partial charge >= 0.3 is 6.18 Å². The Morgan fingerprint density at radius 3 is 2.39 bits per heavy atom. The van der Waals surface area contributed by atoms with E-state index in [4.69, 9.17) is 0 Å². The molecule has 0 spiro atoms. The number of aryl methyl sites for hydroxylation is 2. The molecule has 150 valence electrons. The first kappa shape index (κ1) is 20.0. The van der Waals surface area contributed by atoms with Crippen LogP contribution in [0.25, 0.3) is 10.9 Å². The van der Waals surface area contributed by atoms with E-state index in [9.17, 15) is 27.5 Å². The Balaban J connectivity index is 2.28. The smallest absolute Gasteiger partial charge is 0.379 e. The van der Waals surface area contributed by atoms with Gasteiger partial charge in [0.2, 0.25) is 0 Å². The lowest BCUT2D eigenvalue weighted by molar-refractivity contribution is -0.141. The van der Waals surface area contributed by atoms with Crippen LogP contribution >= 0.6 is 0 Å². The molecule has 0 bridgehead atoms. The van der Waals surface area contributed by atoms with Gasteiger partial charge in [-0.25, -0.2) is 4.39 Å². The fourth-order valence-electron chi connectivity index (χ4n) is 3.32. The molecule has 0 aliphatic rings. The van der Waals surface area contributed by atoms with E-state index in [1.54, 1.807) is 13.8 Å². The molecule has 10 heteroatoms. The van der Waals surface area contributed by atoms with Crippen LogP contribution in [0.5, 0.6) is 0 Å². The van der Waals surface area contributed by atoms with Gasteiger partial charge in [-0.3, -0.25) is 14.5 Å². The molecule has 3 aromatic rings. The monoisotopic (exact) mass is 398 g/mol. The minimum Gasteiger partial charge on any atom is -0.379 e. The summed E-state index contributed by atoms with van der Waals surface area (Å²) in [5, 5.41) is 15.2. The van der Waals surface area contributed by atoms with Gasteiger partial charge in [0, 0.05) is 31.5 Å². The third-order valence-electron chi connectivity index (χ3n) is 4.79. The van der Waals surface area contributed by atoms with E-state index in [1.807, 2.05) is 0 Å². The van der Waals surface area contributed by atoms with Crippen molar-refractivity contribution in [2.75, 3.05) is 0 Å². The Bertz CT molecular complexity index is 1090. The molecule has 0 saturated heterocycles. The second-order valence-electron chi connectivity index (χ2n) is 6.41. The van der Waals surface area contributed by atoms with Crippen LogP contribution < -0.4 is 5.56 Å². The Hall–Kier alpha value is -2.75. The molecule has 3 rings (SSSR count). The molecule has 0 aromatic carbocycles. The van der Waals surface area contributed by atoms with Gasteiger partial charge < -0.3 is 9.67 Å². The lowest BCUT2D eigenvalue weighted by Crippen LogP contribution is -2.30. The zero-order valence-corrected chi connectivity index (χ0v) is 15.4. The van der Waals surface area contributed by atoms with Crippen molar-refractivity contribution < 1.29 is 22.7 Å². The Morgan fingerprint density at radius 1 is 1.21 bits per heavy atom. The number of nitrogens with zero attached hydrogens (tertiary/aromatic N) is 4. The number of halogens is 4. The molecule has 28 heavy (non-hydrogen) atoms. The number of alkyl halides is 3. The number of fused-ring (bicyclic) bond motifs is 1. The molecule has 0 saturated carbocycles. The van der Waals surface area contributed by atoms with E-state index in [2.05, 4.69) is 10.1 Å². The second kappa shape index (κ2) is 6.69. The van der Waals surface area contributed by atoms with Crippen molar-refractivity contribution in [2.45, 2.75) is 38.6 Å². The highest BCUT2D eigenvalue weighted by Gasteiger charge is 2.38. The van der Waals surface area contributed by atoms with Crippen molar-refractivity contribution in [3.8, 4) is 0 Å². The second-order valence-corrected chi connectivity index (χ2v) is 6.41. The molecule has 0 radical (unpaired) electrons. The Kier molecular flexibility index (Phi) is 4.78. The Morgan fingerprint density at radius 2 is 1.89 bits per heavy atom. The third kappa shape index (κ3) is 2.97. The first-order valence-electron chi connectivity index (χ1n) is 8.56. The van der Waals surface area contributed by atoms with Gasteiger partial charge in [0.25, 0.3) is 5.56 Å². The lowest BCUT2D eigenvalue weighted by Gasteiger charge is -2.28. The molecule has 1 N–H and O–H groups in total. The fourth-order valence-corrected chi connectivity index (χ4v) is 3.32. The molecule has 0 amide bonds. The third-order valence-corrected chi connectivity index (χ3v) is 4.79. The molecular formula is C18H18F4N4O2. The van der Waals surface area contributed by atoms with E-state index in [0.29, 0.717) is 0 Å². The molecule has 0 fully saturated rings. The molecule has 1 atom stereocenters. The van der Waals surface area contributed by atoms with Gasteiger partial charge in [-0.2, -0.15) is 18.3 Å². The van der Waals surface area contributed by atoms with Crippen LogP contribution in [-0.2, 0) is 25.4 Å². The quantitative estimate of drug-likeness (QED) is 0.686. The summed E-state index contributed by atoms with van der Waals surface area (Å²) in [6.07, 6.45) is -2.71. The minimum absolute atomic E-state index is 0.00895. The maximum Gasteiger partial charge on any atom is 0.433 e. The van der Waals surface area contributed by atoms with Crippen LogP contribution in [0.3, 0.4) is 0 Å². The zero-order chi connectivity index (χ0) is 20.9. The zero-order valence-electron chi connectivity index (χ0n) is 15.4. The lowest BCUT2D eigenvalue weighted by atomic mass is 9.87. The van der Waals surface area contributed by atoms with Gasteiger partial charge in [0.1, 0.15) is 11.3 Å². The topological polar surface area (TPSA) is 72.9 Å². The molecule has 3 heterocycles. The number of pyridine rings is 2. The van der Waals surface area contributed by atoms with Gasteiger partial charge in [-0.15, -0.1) is 0 Å².